The van der Waals surface area contributed by atoms with Gasteiger partial charge in [-0.1, -0.05) is 25.3 Å². The van der Waals surface area contributed by atoms with Crippen molar-refractivity contribution in [2.45, 2.75) is 26.9 Å². The van der Waals surface area contributed by atoms with E-state index in [1.165, 1.54) is 0 Å². The minimum absolute atomic E-state index is 0.134. The summed E-state index contributed by atoms with van der Waals surface area (Å²) in [7, 11) is 0. The molecule has 1 heterocycles. The fraction of sp³-hybridized carbons (Fsp3) is 0.833. The second kappa shape index (κ2) is 2.11. The maximum Gasteiger partial charge on any atom is 0.151 e. The molecule has 0 bridgehead atoms. The molecule has 1 N–H and O–H groups in total. The molecule has 10 heavy (non-hydrogen) atoms. The number of hydrogen-bond acceptors (Lipinski definition) is 3. The average Bonchev–Trinajstić information content (AvgIpc) is 2.11. The third kappa shape index (κ3) is 1.20. The topological polar surface area (TPSA) is 27.6 Å². The molecule has 1 aliphatic heterocycles. The first-order chi connectivity index (χ1) is 4.52. The molecule has 0 aromatic heterocycles. The molecular weight excluding hydrogens is 133 g/mol. The van der Waals surface area contributed by atoms with E-state index in [1.54, 1.807) is 0 Å². The van der Waals surface area contributed by atoms with Gasteiger partial charge < -0.3 is 0 Å². The van der Waals surface area contributed by atoms with E-state index >= 15 is 0 Å². The molecule has 0 saturated carbocycles. The van der Waals surface area contributed by atoms with Crippen LogP contribution in [-0.2, 0) is 0 Å². The van der Waals surface area contributed by atoms with Crippen LogP contribution in [-0.4, -0.2) is 17.6 Å². The van der Waals surface area contributed by atoms with Crippen LogP contribution in [0.2, 0.25) is 0 Å². The van der Waals surface area contributed by atoms with E-state index in [-0.39, 0.29) is 11.6 Å². The SMILES string of the molecule is CC(C)(C)C1NN=CN1F. The Kier molecular flexibility index (Phi) is 1.54. The Labute approximate surface area is 59.8 Å². The standard InChI is InChI=1S/C6H12FN3/c1-6(2,3)5-9-8-4-10(5)7/h4-5,9H,1-3H3. The van der Waals surface area contributed by atoms with Crippen molar-refractivity contribution >= 4 is 6.34 Å². The maximum atomic E-state index is 12.7. The van der Waals surface area contributed by atoms with E-state index in [4.69, 9.17) is 0 Å². The van der Waals surface area contributed by atoms with E-state index in [9.17, 15) is 4.48 Å². The van der Waals surface area contributed by atoms with E-state index in [0.717, 1.165) is 6.34 Å². The Bertz CT molecular complexity index is 150. The number of nitrogens with zero attached hydrogens (tertiary/aromatic N) is 2. The molecule has 3 nitrogen and oxygen atoms in total. The highest BCUT2D eigenvalue weighted by atomic mass is 19.2. The van der Waals surface area contributed by atoms with Crippen molar-refractivity contribution in [3.05, 3.63) is 0 Å². The summed E-state index contributed by atoms with van der Waals surface area (Å²) in [5.41, 5.74) is 2.53. The molecule has 1 aliphatic rings. The zero-order valence-corrected chi connectivity index (χ0v) is 6.43. The number of hydrazone groups is 1. The van der Waals surface area contributed by atoms with Crippen LogP contribution < -0.4 is 5.43 Å². The van der Waals surface area contributed by atoms with Crippen LogP contribution in [0.15, 0.2) is 5.10 Å². The largest absolute Gasteiger partial charge is 0.283 e. The van der Waals surface area contributed by atoms with Gasteiger partial charge in [-0.2, -0.15) is 10.2 Å². The molecular formula is C6H12FN3. The smallest absolute Gasteiger partial charge is 0.151 e. The fourth-order valence-electron chi connectivity index (χ4n) is 0.845. The zero-order valence-electron chi connectivity index (χ0n) is 6.43. The van der Waals surface area contributed by atoms with Crippen molar-refractivity contribution in [1.82, 2.24) is 10.5 Å². The van der Waals surface area contributed by atoms with Gasteiger partial charge >= 0.3 is 0 Å². The quantitative estimate of drug-likeness (QED) is 0.517. The highest BCUT2D eigenvalue weighted by Gasteiger charge is 2.32. The van der Waals surface area contributed by atoms with Gasteiger partial charge in [-0.3, -0.25) is 5.43 Å². The molecule has 0 saturated heterocycles. The summed E-state index contributed by atoms with van der Waals surface area (Å²) >= 11 is 0. The van der Waals surface area contributed by atoms with Gasteiger partial charge in [0.15, 0.2) is 6.17 Å². The Morgan fingerprint density at radius 3 is 2.40 bits per heavy atom. The molecule has 0 aliphatic carbocycles. The first-order valence-electron chi connectivity index (χ1n) is 3.24. The highest BCUT2D eigenvalue weighted by Crippen LogP contribution is 2.23. The molecule has 1 unspecified atom stereocenters. The minimum atomic E-state index is -0.326. The molecule has 0 amide bonds. The summed E-state index contributed by atoms with van der Waals surface area (Å²) in [6.07, 6.45) is 0.822. The van der Waals surface area contributed by atoms with Gasteiger partial charge in [0.1, 0.15) is 6.34 Å². The van der Waals surface area contributed by atoms with Crippen molar-refractivity contribution in [2.75, 3.05) is 0 Å². The van der Waals surface area contributed by atoms with E-state index in [0.29, 0.717) is 5.12 Å². The number of rotatable bonds is 0. The Balaban J connectivity index is 2.60. The van der Waals surface area contributed by atoms with Crippen LogP contribution >= 0.6 is 0 Å². The van der Waals surface area contributed by atoms with Crippen molar-refractivity contribution in [1.29, 1.82) is 0 Å². The molecule has 0 aromatic carbocycles. The van der Waals surface area contributed by atoms with Gasteiger partial charge in [-0.25, -0.2) is 0 Å². The van der Waals surface area contributed by atoms with E-state index in [1.807, 2.05) is 20.8 Å². The fourth-order valence-corrected chi connectivity index (χ4v) is 0.845. The molecule has 4 heteroatoms. The molecule has 0 spiro atoms. The van der Waals surface area contributed by atoms with Gasteiger partial charge in [0.25, 0.3) is 0 Å². The average molecular weight is 145 g/mol. The summed E-state index contributed by atoms with van der Waals surface area (Å²) in [5, 5.41) is 4.17. The zero-order chi connectivity index (χ0) is 7.78. The van der Waals surface area contributed by atoms with E-state index in [2.05, 4.69) is 10.5 Å². The predicted octanol–water partition coefficient (Wildman–Crippen LogP) is 1.09. The minimum Gasteiger partial charge on any atom is -0.283 e. The Morgan fingerprint density at radius 2 is 2.20 bits per heavy atom. The van der Waals surface area contributed by atoms with Gasteiger partial charge in [0.05, 0.1) is 0 Å². The van der Waals surface area contributed by atoms with Crippen LogP contribution in [0, 0.1) is 5.41 Å². The molecule has 0 aromatic rings. The lowest BCUT2D eigenvalue weighted by molar-refractivity contribution is 0.0124. The first kappa shape index (κ1) is 7.31. The third-order valence-electron chi connectivity index (χ3n) is 1.43. The van der Waals surface area contributed by atoms with Crippen LogP contribution in [0.5, 0.6) is 0 Å². The summed E-state index contributed by atoms with van der Waals surface area (Å²) in [4.78, 5) is 0. The molecule has 1 atom stereocenters. The van der Waals surface area contributed by atoms with Crippen molar-refractivity contribution in [2.24, 2.45) is 10.5 Å². The normalized spacial score (nSPS) is 25.2. The number of hydrogen-bond donors (Lipinski definition) is 1. The summed E-state index contributed by atoms with van der Waals surface area (Å²) in [6, 6.07) is 0. The molecule has 0 fully saturated rings. The van der Waals surface area contributed by atoms with Crippen LogP contribution in [0.25, 0.3) is 0 Å². The lowest BCUT2D eigenvalue weighted by Gasteiger charge is -2.28. The number of halogens is 1. The Morgan fingerprint density at radius 1 is 1.60 bits per heavy atom. The lowest BCUT2D eigenvalue weighted by atomic mass is 9.93. The molecule has 1 rings (SSSR count). The number of nitrogens with one attached hydrogen (secondary N) is 1. The van der Waals surface area contributed by atoms with Crippen molar-refractivity contribution in [3.8, 4) is 0 Å². The van der Waals surface area contributed by atoms with Crippen LogP contribution in [0.4, 0.5) is 4.48 Å². The van der Waals surface area contributed by atoms with E-state index < -0.39 is 0 Å². The second-order valence-corrected chi connectivity index (χ2v) is 3.49. The summed E-state index contributed by atoms with van der Waals surface area (Å²) < 4.78 is 12.7. The lowest BCUT2D eigenvalue weighted by Crippen LogP contribution is -2.42. The van der Waals surface area contributed by atoms with Crippen LogP contribution in [0.1, 0.15) is 20.8 Å². The summed E-state index contributed by atoms with van der Waals surface area (Å²) in [5.74, 6) is 0. The van der Waals surface area contributed by atoms with Gasteiger partial charge in [0.2, 0.25) is 0 Å². The third-order valence-corrected chi connectivity index (χ3v) is 1.43. The summed E-state index contributed by atoms with van der Waals surface area (Å²) in [6.45, 7) is 5.85. The maximum absolute atomic E-state index is 12.7. The predicted molar refractivity (Wildman–Crippen MR) is 37.8 cm³/mol. The highest BCUT2D eigenvalue weighted by molar-refractivity contribution is 5.55. The molecule has 0 radical (unpaired) electrons. The first-order valence-corrected chi connectivity index (χ1v) is 3.24. The molecule has 58 valence electrons. The monoisotopic (exact) mass is 145 g/mol. The van der Waals surface area contributed by atoms with Crippen LogP contribution in [0.3, 0.4) is 0 Å². The van der Waals surface area contributed by atoms with Gasteiger partial charge in [0, 0.05) is 5.41 Å². The van der Waals surface area contributed by atoms with Gasteiger partial charge in [-0.05, 0) is 0 Å². The van der Waals surface area contributed by atoms with Crippen molar-refractivity contribution in [3.63, 3.8) is 0 Å². The van der Waals surface area contributed by atoms with Gasteiger partial charge in [-0.15, -0.1) is 0 Å². The van der Waals surface area contributed by atoms with Crippen molar-refractivity contribution < 1.29 is 4.48 Å². The second-order valence-electron chi connectivity index (χ2n) is 3.49. The Hall–Kier alpha value is -0.800.